The molecule has 244 valence electrons. The lowest BCUT2D eigenvalue weighted by Gasteiger charge is -2.44. The Kier molecular flexibility index (Phi) is 8.24. The number of hydrogen-bond acceptors (Lipinski definition) is 8. The molecule has 0 radical (unpaired) electrons. The molecule has 2 aliphatic rings. The summed E-state index contributed by atoms with van der Waals surface area (Å²) < 4.78 is 33.4. The number of hydrogen-bond donors (Lipinski definition) is 1. The molecule has 1 N–H and O–H groups in total. The lowest BCUT2D eigenvalue weighted by Crippen LogP contribution is -2.58. The number of fused-ring (bicyclic) bond motifs is 5. The van der Waals surface area contributed by atoms with Crippen molar-refractivity contribution in [2.45, 2.75) is 52.1 Å². The molecule has 0 spiro atoms. The van der Waals surface area contributed by atoms with Gasteiger partial charge in [0.2, 0.25) is 11.8 Å². The van der Waals surface area contributed by atoms with Gasteiger partial charge in [-0.15, -0.1) is 0 Å². The Hall–Kier alpha value is -5.20. The fraction of sp³-hybridized carbons (Fsp3) is 0.353. The van der Waals surface area contributed by atoms with Crippen LogP contribution in [0.1, 0.15) is 45.7 Å². The van der Waals surface area contributed by atoms with Crippen LogP contribution in [-0.2, 0) is 9.59 Å². The van der Waals surface area contributed by atoms with Crippen molar-refractivity contribution in [2.24, 2.45) is 0 Å². The number of halogens is 2. The number of carbonyl (C=O) groups excluding carboxylic acids is 2. The van der Waals surface area contributed by atoms with Crippen LogP contribution in [0.15, 0.2) is 54.0 Å². The molecule has 0 saturated carbocycles. The minimum Gasteiger partial charge on any atom is -0.383 e. The summed E-state index contributed by atoms with van der Waals surface area (Å²) in [5.41, 5.74) is 0.325. The number of pyridine rings is 2. The van der Waals surface area contributed by atoms with Crippen molar-refractivity contribution in [3.63, 3.8) is 0 Å². The van der Waals surface area contributed by atoms with Crippen LogP contribution in [0.3, 0.4) is 0 Å². The summed E-state index contributed by atoms with van der Waals surface area (Å²) >= 11 is 0. The standard InChI is InChI=1S/C34H36F2N8O3/c1-7-26(45)42-16-20(5)43(17-19(42)4)32-21-15-23(36)30-28-22(35)9-8-10-25(28)41(6)27(46)12-14-37-24-11-13-38-29(18(2)3)31(24)44(33(21)39-30)34(47)40-32/h7-11,13,15,18-20,37H,1,12,14,16-17H2,2-6H3/t19-,20+/m1/s1. The molecular weight excluding hydrogens is 606 g/mol. The first-order valence-corrected chi connectivity index (χ1v) is 15.5. The number of amides is 2. The van der Waals surface area contributed by atoms with E-state index in [0.29, 0.717) is 30.2 Å². The molecule has 13 heteroatoms. The zero-order valence-electron chi connectivity index (χ0n) is 26.9. The Morgan fingerprint density at radius 1 is 1.09 bits per heavy atom. The summed E-state index contributed by atoms with van der Waals surface area (Å²) in [6.07, 6.45) is 2.90. The third-order valence-electron chi connectivity index (χ3n) is 8.86. The van der Waals surface area contributed by atoms with E-state index in [9.17, 15) is 14.4 Å². The second kappa shape index (κ2) is 12.2. The van der Waals surface area contributed by atoms with Gasteiger partial charge in [0, 0.05) is 51.4 Å². The summed E-state index contributed by atoms with van der Waals surface area (Å²) in [5, 5.41) is 3.50. The van der Waals surface area contributed by atoms with Gasteiger partial charge in [-0.1, -0.05) is 26.5 Å². The number of piperazine rings is 1. The monoisotopic (exact) mass is 642 g/mol. The smallest absolute Gasteiger partial charge is 0.355 e. The van der Waals surface area contributed by atoms with E-state index < -0.39 is 17.3 Å². The average molecular weight is 643 g/mol. The number of nitrogens with zero attached hydrogens (tertiary/aromatic N) is 7. The highest BCUT2D eigenvalue weighted by atomic mass is 19.1. The van der Waals surface area contributed by atoms with Crippen molar-refractivity contribution < 1.29 is 18.4 Å². The van der Waals surface area contributed by atoms with Crippen molar-refractivity contribution in [1.29, 1.82) is 0 Å². The maximum atomic E-state index is 16.4. The second-order valence-electron chi connectivity index (χ2n) is 12.3. The van der Waals surface area contributed by atoms with Crippen LogP contribution in [0.4, 0.5) is 26.0 Å². The molecule has 6 rings (SSSR count). The van der Waals surface area contributed by atoms with Gasteiger partial charge < -0.3 is 20.0 Å². The maximum absolute atomic E-state index is 16.4. The van der Waals surface area contributed by atoms with Gasteiger partial charge in [-0.3, -0.25) is 14.6 Å². The molecule has 4 aromatic rings. The molecule has 47 heavy (non-hydrogen) atoms. The van der Waals surface area contributed by atoms with Crippen molar-refractivity contribution in [3.05, 3.63) is 77.0 Å². The highest BCUT2D eigenvalue weighted by Crippen LogP contribution is 2.38. The summed E-state index contributed by atoms with van der Waals surface area (Å²) in [7, 11) is 1.51. The predicted octanol–water partition coefficient (Wildman–Crippen LogP) is 4.63. The van der Waals surface area contributed by atoms with Gasteiger partial charge in [0.1, 0.15) is 17.3 Å². The zero-order valence-corrected chi connectivity index (χ0v) is 26.9. The number of carbonyl (C=O) groups is 2. The molecule has 2 bridgehead atoms. The van der Waals surface area contributed by atoms with E-state index in [1.807, 2.05) is 32.6 Å². The summed E-state index contributed by atoms with van der Waals surface area (Å²) in [4.78, 5) is 58.8. The lowest BCUT2D eigenvalue weighted by molar-refractivity contribution is -0.128. The first-order valence-electron chi connectivity index (χ1n) is 15.5. The molecule has 3 aromatic heterocycles. The number of anilines is 3. The quantitative estimate of drug-likeness (QED) is 0.322. The van der Waals surface area contributed by atoms with Crippen LogP contribution in [0, 0.1) is 11.6 Å². The van der Waals surface area contributed by atoms with Crippen LogP contribution in [-0.4, -0.2) is 75.0 Å². The van der Waals surface area contributed by atoms with Gasteiger partial charge in [0.25, 0.3) is 0 Å². The van der Waals surface area contributed by atoms with Gasteiger partial charge in [-0.25, -0.2) is 23.1 Å². The van der Waals surface area contributed by atoms with Crippen molar-refractivity contribution in [2.75, 3.05) is 41.8 Å². The van der Waals surface area contributed by atoms with E-state index in [1.54, 1.807) is 17.2 Å². The van der Waals surface area contributed by atoms with E-state index in [-0.39, 0.29) is 76.6 Å². The maximum Gasteiger partial charge on any atom is 0.355 e. The number of benzene rings is 1. The van der Waals surface area contributed by atoms with Gasteiger partial charge in [0.05, 0.1) is 33.7 Å². The first-order chi connectivity index (χ1) is 22.4. The average Bonchev–Trinajstić information content (AvgIpc) is 3.04. The Morgan fingerprint density at radius 2 is 1.85 bits per heavy atom. The number of aromatic nitrogens is 4. The Morgan fingerprint density at radius 3 is 2.57 bits per heavy atom. The van der Waals surface area contributed by atoms with Crippen LogP contribution in [0.5, 0.6) is 0 Å². The van der Waals surface area contributed by atoms with Crippen molar-refractivity contribution >= 4 is 40.0 Å². The molecule has 1 saturated heterocycles. The van der Waals surface area contributed by atoms with Gasteiger partial charge >= 0.3 is 5.69 Å². The molecule has 2 amide bonds. The molecular formula is C34H36F2N8O3. The fourth-order valence-corrected chi connectivity index (χ4v) is 6.45. The largest absolute Gasteiger partial charge is 0.383 e. The van der Waals surface area contributed by atoms with E-state index in [1.165, 1.54) is 46.9 Å². The third-order valence-corrected chi connectivity index (χ3v) is 8.86. The topological polar surface area (TPSA) is 117 Å². The molecule has 0 aliphatic carbocycles. The molecule has 0 unspecified atom stereocenters. The van der Waals surface area contributed by atoms with Crippen LogP contribution in [0.2, 0.25) is 0 Å². The molecule has 1 aromatic carbocycles. The second-order valence-corrected chi connectivity index (χ2v) is 12.3. The molecule has 2 atom stereocenters. The Labute approximate surface area is 270 Å². The molecule has 5 heterocycles. The summed E-state index contributed by atoms with van der Waals surface area (Å²) in [6, 6.07) is 6.48. The van der Waals surface area contributed by atoms with Crippen molar-refractivity contribution in [1.82, 2.24) is 24.4 Å². The third kappa shape index (κ3) is 5.38. The highest BCUT2D eigenvalue weighted by Gasteiger charge is 2.35. The minimum atomic E-state index is -0.859. The van der Waals surface area contributed by atoms with Gasteiger partial charge in [-0.2, -0.15) is 4.98 Å². The Bertz CT molecular complexity index is 1990. The minimum absolute atomic E-state index is 0.0244. The van der Waals surface area contributed by atoms with E-state index in [2.05, 4.69) is 21.9 Å². The molecule has 1 fully saturated rings. The summed E-state index contributed by atoms with van der Waals surface area (Å²) in [5.74, 6) is -2.15. The predicted molar refractivity (Wildman–Crippen MR) is 177 cm³/mol. The first kappa shape index (κ1) is 31.8. The van der Waals surface area contributed by atoms with Gasteiger partial charge in [-0.05, 0) is 50.1 Å². The molecule has 2 aliphatic heterocycles. The SMILES string of the molecule is C=CC(=O)N1C[C@H](C)N(c2nc(=O)n3c4nc(c(F)cc24)-c2c(F)cccc2N(C)C(=O)CCNc2ccnc(C(C)C)c2-3)C[C@H]1C. The van der Waals surface area contributed by atoms with Crippen LogP contribution in [0.25, 0.3) is 28.0 Å². The van der Waals surface area contributed by atoms with Crippen molar-refractivity contribution in [3.8, 4) is 16.9 Å². The van der Waals surface area contributed by atoms with E-state index >= 15 is 8.78 Å². The lowest BCUT2D eigenvalue weighted by atomic mass is 10.0. The van der Waals surface area contributed by atoms with E-state index in [4.69, 9.17) is 4.98 Å². The summed E-state index contributed by atoms with van der Waals surface area (Å²) in [6.45, 7) is 12.0. The fourth-order valence-electron chi connectivity index (χ4n) is 6.45. The Balaban J connectivity index is 1.71. The normalized spacial score (nSPS) is 18.3. The highest BCUT2D eigenvalue weighted by molar-refractivity contribution is 5.99. The van der Waals surface area contributed by atoms with E-state index in [0.717, 1.165) is 0 Å². The van der Waals surface area contributed by atoms with Crippen LogP contribution < -0.4 is 20.8 Å². The number of rotatable bonds is 3. The zero-order chi connectivity index (χ0) is 33.7. The molecule has 11 nitrogen and oxygen atoms in total. The number of nitrogens with one attached hydrogen (secondary N) is 1. The van der Waals surface area contributed by atoms with Crippen LogP contribution >= 0.6 is 0 Å². The van der Waals surface area contributed by atoms with Gasteiger partial charge in [0.15, 0.2) is 11.5 Å².